The zero-order valence-electron chi connectivity index (χ0n) is 12.7. The van der Waals surface area contributed by atoms with Crippen molar-refractivity contribution in [2.75, 3.05) is 5.32 Å². The Bertz CT molecular complexity index is 601. The van der Waals surface area contributed by atoms with Gasteiger partial charge in [-0.15, -0.1) is 23.1 Å². The number of hydrogen-bond acceptors (Lipinski definition) is 4. The van der Waals surface area contributed by atoms with Crippen LogP contribution in [0.1, 0.15) is 41.3 Å². The molecule has 1 N–H and O–H groups in total. The van der Waals surface area contributed by atoms with Crippen molar-refractivity contribution in [2.45, 2.75) is 56.2 Å². The van der Waals surface area contributed by atoms with Crippen molar-refractivity contribution in [1.82, 2.24) is 4.98 Å². The van der Waals surface area contributed by atoms with Gasteiger partial charge < -0.3 is 5.32 Å². The largest absolute Gasteiger partial charge is 0.379 e. The smallest absolute Gasteiger partial charge is 0.0900 e. The Hall–Kier alpha value is -1.000. The molecule has 0 amide bonds. The molecule has 0 unspecified atom stereocenters. The van der Waals surface area contributed by atoms with E-state index in [0.29, 0.717) is 0 Å². The molecule has 0 atom stereocenters. The molecule has 2 nitrogen and oxygen atoms in total. The maximum Gasteiger partial charge on any atom is 0.0900 e. The van der Waals surface area contributed by atoms with Gasteiger partial charge in [-0.2, -0.15) is 0 Å². The van der Waals surface area contributed by atoms with Crippen molar-refractivity contribution in [2.24, 2.45) is 0 Å². The summed E-state index contributed by atoms with van der Waals surface area (Å²) in [4.78, 5) is 7.24. The normalized spacial score (nSPS) is 15.5. The van der Waals surface area contributed by atoms with Crippen LogP contribution in [0.15, 0.2) is 29.2 Å². The average Bonchev–Trinajstić information content (AvgIpc) is 3.08. The molecule has 1 aliphatic rings. The van der Waals surface area contributed by atoms with Gasteiger partial charge in [0.1, 0.15) is 0 Å². The molecule has 21 heavy (non-hydrogen) atoms. The van der Waals surface area contributed by atoms with Gasteiger partial charge in [-0.25, -0.2) is 4.98 Å². The van der Waals surface area contributed by atoms with E-state index in [1.54, 1.807) is 11.3 Å². The number of aromatic nitrogens is 1. The highest BCUT2D eigenvalue weighted by atomic mass is 32.2. The van der Waals surface area contributed by atoms with Crippen LogP contribution in [-0.4, -0.2) is 10.2 Å². The molecule has 0 radical (unpaired) electrons. The summed E-state index contributed by atoms with van der Waals surface area (Å²) in [5.74, 6) is 0. The SMILES string of the molecule is Cc1nc(C)c(CNc2ccccc2SC2CCCC2)s1. The van der Waals surface area contributed by atoms with E-state index in [0.717, 1.165) is 22.5 Å². The van der Waals surface area contributed by atoms with Gasteiger partial charge in [0.15, 0.2) is 0 Å². The quantitative estimate of drug-likeness (QED) is 0.798. The van der Waals surface area contributed by atoms with Crippen LogP contribution in [-0.2, 0) is 6.54 Å². The molecule has 0 aliphatic heterocycles. The first-order valence-electron chi connectivity index (χ1n) is 7.65. The number of hydrogen-bond donors (Lipinski definition) is 1. The van der Waals surface area contributed by atoms with Gasteiger partial charge >= 0.3 is 0 Å². The van der Waals surface area contributed by atoms with Gasteiger partial charge in [-0.05, 0) is 38.8 Å². The van der Waals surface area contributed by atoms with Gasteiger partial charge in [0.2, 0.25) is 0 Å². The lowest BCUT2D eigenvalue weighted by Crippen LogP contribution is -2.02. The van der Waals surface area contributed by atoms with E-state index in [-0.39, 0.29) is 0 Å². The van der Waals surface area contributed by atoms with Crippen molar-refractivity contribution in [3.05, 3.63) is 39.8 Å². The fraction of sp³-hybridized carbons (Fsp3) is 0.471. The third-order valence-corrected chi connectivity index (χ3v) is 6.41. The molecular weight excluding hydrogens is 296 g/mol. The summed E-state index contributed by atoms with van der Waals surface area (Å²) < 4.78 is 0. The predicted octanol–water partition coefficient (Wildman–Crippen LogP) is 5.41. The van der Waals surface area contributed by atoms with E-state index in [4.69, 9.17) is 0 Å². The number of aryl methyl sites for hydroxylation is 2. The third kappa shape index (κ3) is 3.80. The molecule has 2 aromatic rings. The number of benzene rings is 1. The van der Waals surface area contributed by atoms with E-state index < -0.39 is 0 Å². The summed E-state index contributed by atoms with van der Waals surface area (Å²) >= 11 is 3.84. The highest BCUT2D eigenvalue weighted by molar-refractivity contribution is 8.00. The van der Waals surface area contributed by atoms with E-state index >= 15 is 0 Å². The number of nitrogens with zero attached hydrogens (tertiary/aromatic N) is 1. The molecule has 4 heteroatoms. The molecule has 112 valence electrons. The monoisotopic (exact) mass is 318 g/mol. The Balaban J connectivity index is 1.68. The number of nitrogens with one attached hydrogen (secondary N) is 1. The van der Waals surface area contributed by atoms with Crippen molar-refractivity contribution in [3.63, 3.8) is 0 Å². The molecule has 1 fully saturated rings. The number of anilines is 1. The third-order valence-electron chi connectivity index (χ3n) is 3.92. The number of thiazole rings is 1. The van der Waals surface area contributed by atoms with Gasteiger partial charge in [0.05, 0.1) is 17.2 Å². The fourth-order valence-electron chi connectivity index (χ4n) is 2.81. The lowest BCUT2D eigenvalue weighted by atomic mass is 10.3. The number of para-hydroxylation sites is 1. The summed E-state index contributed by atoms with van der Waals surface area (Å²) in [6, 6.07) is 8.70. The number of rotatable bonds is 5. The molecule has 1 aliphatic carbocycles. The lowest BCUT2D eigenvalue weighted by Gasteiger charge is -2.14. The second kappa shape index (κ2) is 6.84. The highest BCUT2D eigenvalue weighted by Crippen LogP contribution is 2.38. The summed E-state index contributed by atoms with van der Waals surface area (Å²) in [7, 11) is 0. The topological polar surface area (TPSA) is 24.9 Å². The molecule has 1 saturated carbocycles. The molecule has 0 saturated heterocycles. The van der Waals surface area contributed by atoms with E-state index in [1.165, 1.54) is 41.1 Å². The van der Waals surface area contributed by atoms with E-state index in [2.05, 4.69) is 48.4 Å². The molecular formula is C17H22N2S2. The van der Waals surface area contributed by atoms with Crippen molar-refractivity contribution in [1.29, 1.82) is 0 Å². The average molecular weight is 319 g/mol. The Kier molecular flexibility index (Phi) is 4.86. The van der Waals surface area contributed by atoms with Gasteiger partial charge in [-0.1, -0.05) is 25.0 Å². The van der Waals surface area contributed by atoms with Gasteiger partial charge in [0.25, 0.3) is 0 Å². The van der Waals surface area contributed by atoms with Crippen LogP contribution in [0.3, 0.4) is 0 Å². The van der Waals surface area contributed by atoms with E-state index in [1.807, 2.05) is 11.8 Å². The second-order valence-corrected chi connectivity index (χ2v) is 8.25. The Morgan fingerprint density at radius 3 is 2.71 bits per heavy atom. The molecule has 1 aromatic heterocycles. The van der Waals surface area contributed by atoms with Crippen molar-refractivity contribution in [3.8, 4) is 0 Å². The highest BCUT2D eigenvalue weighted by Gasteiger charge is 2.17. The molecule has 1 heterocycles. The molecule has 1 aromatic carbocycles. The number of thioether (sulfide) groups is 1. The van der Waals surface area contributed by atoms with Crippen LogP contribution in [0, 0.1) is 13.8 Å². The maximum atomic E-state index is 4.50. The first-order chi connectivity index (χ1) is 10.2. The fourth-order valence-corrected chi connectivity index (χ4v) is 5.04. The molecule has 0 bridgehead atoms. The first-order valence-corrected chi connectivity index (χ1v) is 9.34. The van der Waals surface area contributed by atoms with Crippen molar-refractivity contribution < 1.29 is 0 Å². The summed E-state index contributed by atoms with van der Waals surface area (Å²) in [6.45, 7) is 5.05. The van der Waals surface area contributed by atoms with Crippen LogP contribution < -0.4 is 5.32 Å². The minimum atomic E-state index is 0.806. The zero-order valence-corrected chi connectivity index (χ0v) is 14.3. The first kappa shape index (κ1) is 14.9. The van der Waals surface area contributed by atoms with Crippen LogP contribution in [0.2, 0.25) is 0 Å². The molecule has 0 spiro atoms. The second-order valence-electron chi connectivity index (χ2n) is 5.62. The Morgan fingerprint density at radius 1 is 1.24 bits per heavy atom. The van der Waals surface area contributed by atoms with E-state index in [9.17, 15) is 0 Å². The van der Waals surface area contributed by atoms with Crippen LogP contribution in [0.5, 0.6) is 0 Å². The van der Waals surface area contributed by atoms with Gasteiger partial charge in [-0.3, -0.25) is 0 Å². The Labute approximate surface area is 135 Å². The standard InChI is InChI=1S/C17H22N2S2/c1-12-17(20-13(2)19-12)11-18-15-9-5-6-10-16(15)21-14-7-3-4-8-14/h5-6,9-10,14,18H,3-4,7-8,11H2,1-2H3. The predicted molar refractivity (Wildman–Crippen MR) is 93.5 cm³/mol. The Morgan fingerprint density at radius 2 is 2.00 bits per heavy atom. The zero-order chi connectivity index (χ0) is 14.7. The summed E-state index contributed by atoms with van der Waals surface area (Å²) in [5, 5.41) is 5.56. The van der Waals surface area contributed by atoms with Crippen LogP contribution >= 0.6 is 23.1 Å². The van der Waals surface area contributed by atoms with Gasteiger partial charge in [0, 0.05) is 20.7 Å². The lowest BCUT2D eigenvalue weighted by molar-refractivity contribution is 0.886. The molecule has 3 rings (SSSR count). The minimum Gasteiger partial charge on any atom is -0.379 e. The van der Waals surface area contributed by atoms with Crippen LogP contribution in [0.4, 0.5) is 5.69 Å². The minimum absolute atomic E-state index is 0.806. The summed E-state index contributed by atoms with van der Waals surface area (Å²) in [5.41, 5.74) is 2.42. The maximum absolute atomic E-state index is 4.50. The van der Waals surface area contributed by atoms with Crippen LogP contribution in [0.25, 0.3) is 0 Å². The summed E-state index contributed by atoms with van der Waals surface area (Å²) in [6.07, 6.45) is 5.53. The van der Waals surface area contributed by atoms with Crippen molar-refractivity contribution >= 4 is 28.8 Å².